The van der Waals surface area contributed by atoms with E-state index in [1.165, 1.54) is 11.8 Å². The first kappa shape index (κ1) is 17.7. The number of carbonyl (C=O) groups excluding carboxylic acids is 2. The molecule has 2 aromatic rings. The fourth-order valence-electron chi connectivity index (χ4n) is 3.27. The summed E-state index contributed by atoms with van der Waals surface area (Å²) in [6.45, 7) is 5.60. The van der Waals surface area contributed by atoms with Crippen LogP contribution in [0.4, 0.5) is 0 Å². The van der Waals surface area contributed by atoms with Crippen LogP contribution in [0.25, 0.3) is 0 Å². The summed E-state index contributed by atoms with van der Waals surface area (Å²) < 4.78 is 3.74. The minimum Gasteiger partial charge on any atom is -0.338 e. The number of amides is 1. The summed E-state index contributed by atoms with van der Waals surface area (Å²) in [5, 5.41) is 3.71. The number of hydrogen-bond donors (Lipinski definition) is 0. The Hall–Kier alpha value is -2.08. The Morgan fingerprint density at radius 3 is 2.44 bits per heavy atom. The average molecular weight is 357 g/mol. The summed E-state index contributed by atoms with van der Waals surface area (Å²) in [6, 6.07) is 8.01. The summed E-state index contributed by atoms with van der Waals surface area (Å²) in [7, 11) is 0. The molecule has 2 heterocycles. The number of benzene rings is 1. The van der Waals surface area contributed by atoms with E-state index in [1.54, 1.807) is 4.90 Å². The van der Waals surface area contributed by atoms with Gasteiger partial charge in [-0.25, -0.2) is 0 Å². The van der Waals surface area contributed by atoms with Gasteiger partial charge in [0.15, 0.2) is 5.78 Å². The number of aromatic nitrogens is 2. The zero-order chi connectivity index (χ0) is 17.8. The van der Waals surface area contributed by atoms with Crippen LogP contribution in [0.5, 0.6) is 0 Å². The molecule has 0 N–H and O–H groups in total. The molecule has 0 spiro atoms. The van der Waals surface area contributed by atoms with Gasteiger partial charge in [-0.15, -0.1) is 5.10 Å². The molecule has 132 valence electrons. The summed E-state index contributed by atoms with van der Waals surface area (Å²) >= 11 is 1.11. The van der Waals surface area contributed by atoms with Crippen LogP contribution in [0.15, 0.2) is 30.5 Å². The van der Waals surface area contributed by atoms with Crippen molar-refractivity contribution >= 4 is 23.2 Å². The molecule has 6 heteroatoms. The van der Waals surface area contributed by atoms with Crippen LogP contribution in [-0.4, -0.2) is 39.3 Å². The lowest BCUT2D eigenvalue weighted by Gasteiger charge is -2.30. The molecule has 1 fully saturated rings. The Labute approximate surface area is 152 Å². The number of likely N-dealkylation sites (tertiary alicyclic amines) is 1. The van der Waals surface area contributed by atoms with Crippen molar-refractivity contribution < 1.29 is 9.59 Å². The molecule has 5 nitrogen and oxygen atoms in total. The summed E-state index contributed by atoms with van der Waals surface area (Å²) in [4.78, 5) is 27.4. The van der Waals surface area contributed by atoms with E-state index < -0.39 is 0 Å². The van der Waals surface area contributed by atoms with Gasteiger partial charge >= 0.3 is 0 Å². The van der Waals surface area contributed by atoms with Crippen molar-refractivity contribution in [2.24, 2.45) is 11.8 Å². The van der Waals surface area contributed by atoms with E-state index in [-0.39, 0.29) is 17.6 Å². The van der Waals surface area contributed by atoms with Crippen LogP contribution < -0.4 is 0 Å². The third-order valence-electron chi connectivity index (χ3n) is 4.61. The monoisotopic (exact) mass is 357 g/mol. The van der Waals surface area contributed by atoms with Gasteiger partial charge in [-0.05, 0) is 42.3 Å². The van der Waals surface area contributed by atoms with Gasteiger partial charge in [-0.2, -0.15) is 0 Å². The fraction of sp³-hybridized carbons (Fsp3) is 0.474. The first-order valence-corrected chi connectivity index (χ1v) is 9.51. The minimum absolute atomic E-state index is 0.000385. The van der Waals surface area contributed by atoms with Gasteiger partial charge in [-0.1, -0.05) is 42.6 Å². The van der Waals surface area contributed by atoms with E-state index in [1.807, 2.05) is 12.1 Å². The molecule has 1 aliphatic rings. The largest absolute Gasteiger partial charge is 0.338 e. The predicted molar refractivity (Wildman–Crippen MR) is 97.9 cm³/mol. The Balaban J connectivity index is 1.57. The maximum Gasteiger partial charge on any atom is 0.267 e. The van der Waals surface area contributed by atoms with Crippen LogP contribution in [0, 0.1) is 11.8 Å². The Bertz CT molecular complexity index is 718. The zero-order valence-electron chi connectivity index (χ0n) is 14.6. The standard InChI is InChI=1S/C19H23N3O2S/c1-13(2)11-14-3-5-15(6-4-14)18(23)16-7-9-22(10-8-16)19(24)17-12-20-21-25-17/h3-6,12-13,16H,7-11H2,1-2H3. The Morgan fingerprint density at radius 2 is 1.88 bits per heavy atom. The first-order valence-electron chi connectivity index (χ1n) is 8.74. The molecular formula is C19H23N3O2S. The van der Waals surface area contributed by atoms with Gasteiger partial charge in [0.05, 0.1) is 6.20 Å². The molecule has 1 aromatic carbocycles. The van der Waals surface area contributed by atoms with Crippen molar-refractivity contribution in [3.05, 3.63) is 46.5 Å². The molecular weight excluding hydrogens is 334 g/mol. The fourth-order valence-corrected chi connectivity index (χ4v) is 3.76. The molecule has 1 amide bonds. The van der Waals surface area contributed by atoms with Gasteiger partial charge in [0.25, 0.3) is 5.91 Å². The van der Waals surface area contributed by atoms with E-state index in [4.69, 9.17) is 0 Å². The second kappa shape index (κ2) is 7.87. The minimum atomic E-state index is -0.0288. The molecule has 0 atom stereocenters. The number of ketones is 1. The number of piperidine rings is 1. The summed E-state index contributed by atoms with van der Waals surface area (Å²) in [6.07, 6.45) is 3.96. The highest BCUT2D eigenvalue weighted by molar-refractivity contribution is 7.07. The topological polar surface area (TPSA) is 63.2 Å². The van der Waals surface area contributed by atoms with Crippen LogP contribution in [0.3, 0.4) is 0 Å². The van der Waals surface area contributed by atoms with Gasteiger partial charge in [-0.3, -0.25) is 9.59 Å². The SMILES string of the molecule is CC(C)Cc1ccc(C(=O)C2CCN(C(=O)c3cnns3)CC2)cc1. The van der Waals surface area contributed by atoms with Crippen molar-refractivity contribution in [2.75, 3.05) is 13.1 Å². The second-order valence-electron chi connectivity index (χ2n) is 7.01. The van der Waals surface area contributed by atoms with Gasteiger partial charge in [0.1, 0.15) is 4.88 Å². The summed E-state index contributed by atoms with van der Waals surface area (Å²) in [5.74, 6) is 0.776. The lowest BCUT2D eigenvalue weighted by atomic mass is 9.88. The van der Waals surface area contributed by atoms with Crippen LogP contribution >= 0.6 is 11.5 Å². The van der Waals surface area contributed by atoms with Crippen LogP contribution in [0.1, 0.15) is 52.3 Å². The molecule has 1 saturated heterocycles. The summed E-state index contributed by atoms with van der Waals surface area (Å²) in [5.41, 5.74) is 2.05. The van der Waals surface area contributed by atoms with Crippen LogP contribution in [0.2, 0.25) is 0 Å². The molecule has 1 aliphatic heterocycles. The van der Waals surface area contributed by atoms with Crippen molar-refractivity contribution in [2.45, 2.75) is 33.1 Å². The van der Waals surface area contributed by atoms with Gasteiger partial charge < -0.3 is 4.90 Å². The van der Waals surface area contributed by atoms with E-state index in [9.17, 15) is 9.59 Å². The van der Waals surface area contributed by atoms with Crippen molar-refractivity contribution in [3.63, 3.8) is 0 Å². The van der Waals surface area contributed by atoms with Crippen molar-refractivity contribution in [1.29, 1.82) is 0 Å². The molecule has 0 saturated carbocycles. The number of rotatable bonds is 5. The Kier molecular flexibility index (Phi) is 5.58. The Morgan fingerprint density at radius 1 is 1.20 bits per heavy atom. The van der Waals surface area contributed by atoms with E-state index >= 15 is 0 Å². The van der Waals surface area contributed by atoms with Crippen molar-refractivity contribution in [1.82, 2.24) is 14.5 Å². The molecule has 0 aliphatic carbocycles. The molecule has 0 radical (unpaired) electrons. The van der Waals surface area contributed by atoms with Crippen molar-refractivity contribution in [3.8, 4) is 0 Å². The smallest absolute Gasteiger partial charge is 0.267 e. The van der Waals surface area contributed by atoms with E-state index in [0.717, 1.165) is 23.5 Å². The highest BCUT2D eigenvalue weighted by Gasteiger charge is 2.29. The third kappa shape index (κ3) is 4.31. The maximum absolute atomic E-state index is 12.7. The lowest BCUT2D eigenvalue weighted by molar-refractivity contribution is 0.0654. The number of nitrogens with zero attached hydrogens (tertiary/aromatic N) is 3. The molecule has 0 unspecified atom stereocenters. The molecule has 3 rings (SSSR count). The molecule has 1 aromatic heterocycles. The zero-order valence-corrected chi connectivity index (χ0v) is 15.5. The third-order valence-corrected chi connectivity index (χ3v) is 5.26. The second-order valence-corrected chi connectivity index (χ2v) is 7.79. The highest BCUT2D eigenvalue weighted by atomic mass is 32.1. The number of Topliss-reactive ketones (excluding diaryl/α,β-unsaturated/α-hetero) is 1. The number of carbonyl (C=O) groups is 2. The average Bonchev–Trinajstić information content (AvgIpc) is 3.15. The highest BCUT2D eigenvalue weighted by Crippen LogP contribution is 2.24. The maximum atomic E-state index is 12.7. The normalized spacial score (nSPS) is 15.6. The number of hydrogen-bond acceptors (Lipinski definition) is 5. The van der Waals surface area contributed by atoms with Crippen LogP contribution in [-0.2, 0) is 6.42 Å². The first-order chi connectivity index (χ1) is 12.0. The quantitative estimate of drug-likeness (QED) is 0.769. The predicted octanol–water partition coefficient (Wildman–Crippen LogP) is 3.47. The lowest BCUT2D eigenvalue weighted by Crippen LogP contribution is -2.40. The molecule has 25 heavy (non-hydrogen) atoms. The van der Waals surface area contributed by atoms with Gasteiger partial charge in [0.2, 0.25) is 0 Å². The van der Waals surface area contributed by atoms with E-state index in [0.29, 0.717) is 36.7 Å². The molecule has 0 bridgehead atoms. The van der Waals surface area contributed by atoms with Gasteiger partial charge in [0, 0.05) is 24.6 Å². The van der Waals surface area contributed by atoms with E-state index in [2.05, 4.69) is 35.6 Å².